The molecule has 1 N–H and O–H groups in total. The van der Waals surface area contributed by atoms with Gasteiger partial charge in [0.1, 0.15) is 0 Å². The van der Waals surface area contributed by atoms with Gasteiger partial charge in [-0.05, 0) is 12.1 Å². The quantitative estimate of drug-likeness (QED) is 0.740. The molecule has 12 heavy (non-hydrogen) atoms. The van der Waals surface area contributed by atoms with Crippen molar-refractivity contribution in [3.63, 3.8) is 0 Å². The number of Topliss-reactive ketones (excluding diaryl/α,β-unsaturated/α-hetero) is 1. The first kappa shape index (κ1) is 8.23. The molecular formula is C8H8ClNOS. The average Bonchev–Trinajstić information content (AvgIpc) is 2.31. The fourth-order valence-corrected chi connectivity index (χ4v) is 2.18. The molecule has 2 heterocycles. The lowest BCUT2D eigenvalue weighted by atomic mass is 9.97. The Kier molecular flexibility index (Phi) is 2.17. The van der Waals surface area contributed by atoms with E-state index in [1.165, 1.54) is 11.3 Å². The van der Waals surface area contributed by atoms with E-state index in [1.807, 2.05) is 0 Å². The standard InChI is InChI=1S/C8H8ClNOS/c9-7-2-1-6(12-7)8(11)5-3-10-4-5/h1-2,5,10H,3-4H2. The van der Waals surface area contributed by atoms with Crippen molar-refractivity contribution < 1.29 is 4.79 Å². The Morgan fingerprint density at radius 3 is 2.75 bits per heavy atom. The number of rotatable bonds is 2. The highest BCUT2D eigenvalue weighted by atomic mass is 35.5. The first-order chi connectivity index (χ1) is 5.77. The van der Waals surface area contributed by atoms with Crippen molar-refractivity contribution in [2.24, 2.45) is 5.92 Å². The van der Waals surface area contributed by atoms with E-state index in [-0.39, 0.29) is 11.7 Å². The van der Waals surface area contributed by atoms with Crippen LogP contribution in [0.25, 0.3) is 0 Å². The van der Waals surface area contributed by atoms with E-state index in [0.29, 0.717) is 4.34 Å². The van der Waals surface area contributed by atoms with Crippen LogP contribution in [0.5, 0.6) is 0 Å². The molecule has 1 aromatic heterocycles. The molecule has 0 unspecified atom stereocenters. The van der Waals surface area contributed by atoms with E-state index in [0.717, 1.165) is 18.0 Å². The van der Waals surface area contributed by atoms with E-state index in [1.54, 1.807) is 12.1 Å². The third-order valence-corrected chi connectivity index (χ3v) is 3.21. The van der Waals surface area contributed by atoms with E-state index in [4.69, 9.17) is 11.6 Å². The summed E-state index contributed by atoms with van der Waals surface area (Å²) in [5.74, 6) is 0.408. The van der Waals surface area contributed by atoms with Gasteiger partial charge in [0.15, 0.2) is 5.78 Å². The predicted molar refractivity (Wildman–Crippen MR) is 50.0 cm³/mol. The lowest BCUT2D eigenvalue weighted by Gasteiger charge is -2.24. The van der Waals surface area contributed by atoms with Crippen molar-refractivity contribution in [2.45, 2.75) is 0 Å². The molecule has 0 saturated carbocycles. The first-order valence-corrected chi connectivity index (χ1v) is 4.97. The van der Waals surface area contributed by atoms with Crippen molar-refractivity contribution in [2.75, 3.05) is 13.1 Å². The van der Waals surface area contributed by atoms with Crippen molar-refractivity contribution in [3.05, 3.63) is 21.3 Å². The maximum Gasteiger partial charge on any atom is 0.178 e. The summed E-state index contributed by atoms with van der Waals surface area (Å²) in [5, 5.41) is 3.07. The Morgan fingerprint density at radius 1 is 1.58 bits per heavy atom. The highest BCUT2D eigenvalue weighted by molar-refractivity contribution is 7.18. The number of carbonyl (C=O) groups is 1. The first-order valence-electron chi connectivity index (χ1n) is 3.77. The monoisotopic (exact) mass is 201 g/mol. The second-order valence-corrected chi connectivity index (χ2v) is 4.54. The van der Waals surface area contributed by atoms with Crippen LogP contribution in [0.15, 0.2) is 12.1 Å². The molecule has 0 radical (unpaired) electrons. The summed E-state index contributed by atoms with van der Waals surface area (Å²) in [6, 6.07) is 3.57. The van der Waals surface area contributed by atoms with Gasteiger partial charge >= 0.3 is 0 Å². The number of hydrogen-bond acceptors (Lipinski definition) is 3. The molecule has 4 heteroatoms. The van der Waals surface area contributed by atoms with Gasteiger partial charge in [-0.2, -0.15) is 0 Å². The lowest BCUT2D eigenvalue weighted by Crippen LogP contribution is -2.46. The van der Waals surface area contributed by atoms with Crippen LogP contribution in [-0.4, -0.2) is 18.9 Å². The van der Waals surface area contributed by atoms with Gasteiger partial charge in [-0.1, -0.05) is 11.6 Å². The molecule has 2 rings (SSSR count). The number of thiophene rings is 1. The minimum absolute atomic E-state index is 0.180. The summed E-state index contributed by atoms with van der Waals surface area (Å²) in [6.07, 6.45) is 0. The third kappa shape index (κ3) is 1.40. The summed E-state index contributed by atoms with van der Waals surface area (Å²) in [5.41, 5.74) is 0. The van der Waals surface area contributed by atoms with E-state index in [2.05, 4.69) is 5.32 Å². The maximum absolute atomic E-state index is 11.6. The molecule has 1 saturated heterocycles. The van der Waals surface area contributed by atoms with Crippen LogP contribution in [0.3, 0.4) is 0 Å². The van der Waals surface area contributed by atoms with Gasteiger partial charge in [0.2, 0.25) is 0 Å². The Balaban J connectivity index is 2.13. The summed E-state index contributed by atoms with van der Waals surface area (Å²) < 4.78 is 0.686. The van der Waals surface area contributed by atoms with Crippen LogP contribution < -0.4 is 5.32 Å². The van der Waals surface area contributed by atoms with Crippen LogP contribution in [0.1, 0.15) is 9.67 Å². The molecule has 0 bridgehead atoms. The summed E-state index contributed by atoms with van der Waals surface area (Å²) >= 11 is 7.08. The molecule has 0 atom stereocenters. The molecule has 2 nitrogen and oxygen atoms in total. The van der Waals surface area contributed by atoms with Gasteiger partial charge in [0.25, 0.3) is 0 Å². The van der Waals surface area contributed by atoms with E-state index >= 15 is 0 Å². The highest BCUT2D eigenvalue weighted by Crippen LogP contribution is 2.24. The second kappa shape index (κ2) is 3.17. The summed E-state index contributed by atoms with van der Waals surface area (Å²) in [7, 11) is 0. The number of halogens is 1. The fraction of sp³-hybridized carbons (Fsp3) is 0.375. The highest BCUT2D eigenvalue weighted by Gasteiger charge is 2.26. The fourth-order valence-electron chi connectivity index (χ4n) is 1.12. The maximum atomic E-state index is 11.6. The van der Waals surface area contributed by atoms with E-state index in [9.17, 15) is 4.79 Å². The molecule has 0 aromatic carbocycles. The lowest BCUT2D eigenvalue weighted by molar-refractivity contribution is 0.0882. The van der Waals surface area contributed by atoms with Gasteiger partial charge < -0.3 is 5.32 Å². The molecule has 0 spiro atoms. The molecule has 64 valence electrons. The third-order valence-electron chi connectivity index (χ3n) is 1.97. The number of hydrogen-bond donors (Lipinski definition) is 1. The Morgan fingerprint density at radius 2 is 2.33 bits per heavy atom. The summed E-state index contributed by atoms with van der Waals surface area (Å²) in [4.78, 5) is 12.3. The van der Waals surface area contributed by atoms with Gasteiger partial charge in [-0.25, -0.2) is 0 Å². The van der Waals surface area contributed by atoms with Crippen LogP contribution in [0.2, 0.25) is 4.34 Å². The topological polar surface area (TPSA) is 29.1 Å². The minimum atomic E-state index is 0.180. The van der Waals surface area contributed by atoms with Gasteiger partial charge in [0.05, 0.1) is 9.21 Å². The summed E-state index contributed by atoms with van der Waals surface area (Å²) in [6.45, 7) is 1.63. The van der Waals surface area contributed by atoms with Crippen molar-refractivity contribution in [3.8, 4) is 0 Å². The molecular weight excluding hydrogens is 194 g/mol. The molecule has 1 aromatic rings. The Bertz CT molecular complexity index is 306. The largest absolute Gasteiger partial charge is 0.315 e. The average molecular weight is 202 g/mol. The molecule has 0 amide bonds. The minimum Gasteiger partial charge on any atom is -0.315 e. The smallest absolute Gasteiger partial charge is 0.178 e. The normalized spacial score (nSPS) is 17.4. The molecule has 0 aliphatic carbocycles. The van der Waals surface area contributed by atoms with Crippen LogP contribution >= 0.6 is 22.9 Å². The van der Waals surface area contributed by atoms with Gasteiger partial charge in [-0.15, -0.1) is 11.3 Å². The molecule has 1 aliphatic rings. The van der Waals surface area contributed by atoms with Crippen LogP contribution in [0, 0.1) is 5.92 Å². The Hall–Kier alpha value is -0.380. The van der Waals surface area contributed by atoms with E-state index < -0.39 is 0 Å². The zero-order chi connectivity index (χ0) is 8.55. The van der Waals surface area contributed by atoms with Crippen LogP contribution in [0.4, 0.5) is 0 Å². The number of ketones is 1. The zero-order valence-corrected chi connectivity index (χ0v) is 7.91. The molecule has 1 fully saturated rings. The Labute approximate surface area is 79.5 Å². The number of nitrogens with one attached hydrogen (secondary N) is 1. The second-order valence-electron chi connectivity index (χ2n) is 2.82. The van der Waals surface area contributed by atoms with Crippen molar-refractivity contribution in [1.82, 2.24) is 5.32 Å². The van der Waals surface area contributed by atoms with Gasteiger partial charge in [0, 0.05) is 19.0 Å². The van der Waals surface area contributed by atoms with Crippen LogP contribution in [-0.2, 0) is 0 Å². The number of carbonyl (C=O) groups excluding carboxylic acids is 1. The SMILES string of the molecule is O=C(c1ccc(Cl)s1)C1CNC1. The zero-order valence-electron chi connectivity index (χ0n) is 6.34. The van der Waals surface area contributed by atoms with Crippen molar-refractivity contribution >= 4 is 28.7 Å². The molecule has 1 aliphatic heterocycles. The predicted octanol–water partition coefficient (Wildman–Crippen LogP) is 1.80. The van der Waals surface area contributed by atoms with Crippen molar-refractivity contribution in [1.29, 1.82) is 0 Å². The van der Waals surface area contributed by atoms with Gasteiger partial charge in [-0.3, -0.25) is 4.79 Å².